The van der Waals surface area contributed by atoms with E-state index in [1.54, 1.807) is 12.1 Å². The van der Waals surface area contributed by atoms with Crippen LogP contribution < -0.4 is 10.2 Å². The number of carbonyl (C=O) groups is 1. The number of aromatic amines is 1. The SMILES string of the molecule is O=C(Nc1ccccc1N1CCOCC1)c1cc2cc(F)ccc2[nH]1. The number of aromatic nitrogens is 1. The van der Waals surface area contributed by atoms with E-state index >= 15 is 0 Å². The second kappa shape index (κ2) is 6.57. The highest BCUT2D eigenvalue weighted by molar-refractivity contribution is 6.07. The molecule has 1 amide bonds. The molecule has 1 aromatic heterocycles. The lowest BCUT2D eigenvalue weighted by Gasteiger charge is -2.30. The Bertz CT molecular complexity index is 916. The van der Waals surface area contributed by atoms with E-state index in [0.29, 0.717) is 24.3 Å². The van der Waals surface area contributed by atoms with E-state index in [1.807, 2.05) is 24.3 Å². The van der Waals surface area contributed by atoms with Crippen LogP contribution in [-0.4, -0.2) is 37.2 Å². The van der Waals surface area contributed by atoms with Gasteiger partial charge in [0.1, 0.15) is 11.5 Å². The molecule has 4 rings (SSSR count). The van der Waals surface area contributed by atoms with Gasteiger partial charge in [-0.3, -0.25) is 4.79 Å². The summed E-state index contributed by atoms with van der Waals surface area (Å²) >= 11 is 0. The van der Waals surface area contributed by atoms with Crippen molar-refractivity contribution in [3.05, 3.63) is 60.0 Å². The van der Waals surface area contributed by atoms with Gasteiger partial charge in [0.05, 0.1) is 24.6 Å². The summed E-state index contributed by atoms with van der Waals surface area (Å²) in [7, 11) is 0. The fraction of sp³-hybridized carbons (Fsp3) is 0.211. The van der Waals surface area contributed by atoms with Crippen molar-refractivity contribution in [1.29, 1.82) is 0 Å². The third-order valence-electron chi connectivity index (χ3n) is 4.33. The van der Waals surface area contributed by atoms with Gasteiger partial charge in [0.15, 0.2) is 0 Å². The molecule has 1 aliphatic rings. The maximum absolute atomic E-state index is 13.3. The monoisotopic (exact) mass is 339 g/mol. The second-order valence-electron chi connectivity index (χ2n) is 5.99. The van der Waals surface area contributed by atoms with Crippen LogP contribution in [0.3, 0.4) is 0 Å². The molecule has 5 nitrogen and oxygen atoms in total. The number of para-hydroxylation sites is 2. The molecule has 1 fully saturated rings. The fourth-order valence-electron chi connectivity index (χ4n) is 3.07. The number of rotatable bonds is 3. The van der Waals surface area contributed by atoms with Crippen molar-refractivity contribution >= 4 is 28.2 Å². The van der Waals surface area contributed by atoms with Crippen LogP contribution in [0.4, 0.5) is 15.8 Å². The Balaban J connectivity index is 1.59. The summed E-state index contributed by atoms with van der Waals surface area (Å²) in [6, 6.07) is 13.8. The predicted molar refractivity (Wildman–Crippen MR) is 95.7 cm³/mol. The largest absolute Gasteiger partial charge is 0.378 e. The molecule has 0 bridgehead atoms. The number of benzene rings is 2. The number of nitrogens with one attached hydrogen (secondary N) is 2. The van der Waals surface area contributed by atoms with Gasteiger partial charge in [-0.15, -0.1) is 0 Å². The summed E-state index contributed by atoms with van der Waals surface area (Å²) < 4.78 is 18.7. The number of nitrogens with zero attached hydrogens (tertiary/aromatic N) is 1. The zero-order valence-electron chi connectivity index (χ0n) is 13.6. The van der Waals surface area contributed by atoms with E-state index in [-0.39, 0.29) is 11.7 Å². The van der Waals surface area contributed by atoms with Crippen molar-refractivity contribution in [2.75, 3.05) is 36.5 Å². The molecule has 0 unspecified atom stereocenters. The number of fused-ring (bicyclic) bond motifs is 1. The summed E-state index contributed by atoms with van der Waals surface area (Å²) in [6.45, 7) is 2.93. The zero-order valence-corrected chi connectivity index (χ0v) is 13.6. The van der Waals surface area contributed by atoms with E-state index in [2.05, 4.69) is 15.2 Å². The molecular weight excluding hydrogens is 321 g/mol. The normalized spacial score (nSPS) is 14.7. The Kier molecular flexibility index (Phi) is 4.11. The molecule has 3 aromatic rings. The van der Waals surface area contributed by atoms with E-state index in [1.165, 1.54) is 12.1 Å². The van der Waals surface area contributed by atoms with Crippen LogP contribution in [0.25, 0.3) is 10.9 Å². The number of ether oxygens (including phenoxy) is 1. The average Bonchev–Trinajstić information content (AvgIpc) is 3.06. The summed E-state index contributed by atoms with van der Waals surface area (Å²) in [5, 5.41) is 3.63. The molecule has 2 aromatic carbocycles. The number of H-pyrrole nitrogens is 1. The van der Waals surface area contributed by atoms with Crippen molar-refractivity contribution in [2.24, 2.45) is 0 Å². The first-order valence-electron chi connectivity index (χ1n) is 8.22. The fourth-order valence-corrected chi connectivity index (χ4v) is 3.07. The highest BCUT2D eigenvalue weighted by atomic mass is 19.1. The molecule has 6 heteroatoms. The standard InChI is InChI=1S/C19H18FN3O2/c20-14-5-6-15-13(11-14)12-17(21-15)19(24)22-16-3-1-2-4-18(16)23-7-9-25-10-8-23/h1-6,11-12,21H,7-10H2,(H,22,24). The Morgan fingerprint density at radius 1 is 1.12 bits per heavy atom. The predicted octanol–water partition coefficient (Wildman–Crippen LogP) is 3.40. The first-order chi connectivity index (χ1) is 12.2. The van der Waals surface area contributed by atoms with Crippen LogP contribution in [0.15, 0.2) is 48.5 Å². The first kappa shape index (κ1) is 15.7. The maximum atomic E-state index is 13.3. The van der Waals surface area contributed by atoms with Crippen molar-refractivity contribution in [1.82, 2.24) is 4.98 Å². The average molecular weight is 339 g/mol. The molecule has 128 valence electrons. The van der Waals surface area contributed by atoms with Crippen LogP contribution in [-0.2, 0) is 4.74 Å². The number of halogens is 1. The Morgan fingerprint density at radius 2 is 1.92 bits per heavy atom. The minimum atomic E-state index is -0.323. The van der Waals surface area contributed by atoms with Crippen LogP contribution >= 0.6 is 0 Å². The van der Waals surface area contributed by atoms with Gasteiger partial charge in [0.2, 0.25) is 0 Å². The molecule has 0 radical (unpaired) electrons. The minimum absolute atomic E-state index is 0.252. The van der Waals surface area contributed by atoms with Gasteiger partial charge in [-0.2, -0.15) is 0 Å². The van der Waals surface area contributed by atoms with Crippen LogP contribution in [0.5, 0.6) is 0 Å². The van der Waals surface area contributed by atoms with E-state index in [9.17, 15) is 9.18 Å². The number of amides is 1. The molecule has 2 heterocycles. The molecule has 1 saturated heterocycles. The first-order valence-corrected chi connectivity index (χ1v) is 8.22. The minimum Gasteiger partial charge on any atom is -0.378 e. The van der Waals surface area contributed by atoms with Gasteiger partial charge in [-0.05, 0) is 36.4 Å². The molecular formula is C19H18FN3O2. The van der Waals surface area contributed by atoms with Crippen LogP contribution in [0, 0.1) is 5.82 Å². The quantitative estimate of drug-likeness (QED) is 0.769. The van der Waals surface area contributed by atoms with Gasteiger partial charge < -0.3 is 19.9 Å². The number of carbonyl (C=O) groups excluding carboxylic acids is 1. The Labute approximate surface area is 144 Å². The summed E-state index contributed by atoms with van der Waals surface area (Å²) in [5.41, 5.74) is 2.85. The molecule has 0 atom stereocenters. The zero-order chi connectivity index (χ0) is 17.2. The van der Waals surface area contributed by atoms with Crippen molar-refractivity contribution in [2.45, 2.75) is 0 Å². The smallest absolute Gasteiger partial charge is 0.272 e. The van der Waals surface area contributed by atoms with Gasteiger partial charge in [0.25, 0.3) is 5.91 Å². The number of anilines is 2. The van der Waals surface area contributed by atoms with Crippen molar-refractivity contribution < 1.29 is 13.9 Å². The number of hydrogen-bond donors (Lipinski definition) is 2. The summed E-state index contributed by atoms with van der Waals surface area (Å²) in [5.74, 6) is -0.576. The highest BCUT2D eigenvalue weighted by Crippen LogP contribution is 2.27. The third-order valence-corrected chi connectivity index (χ3v) is 4.33. The Hall–Kier alpha value is -2.86. The third kappa shape index (κ3) is 3.21. The van der Waals surface area contributed by atoms with Crippen LogP contribution in [0.2, 0.25) is 0 Å². The molecule has 25 heavy (non-hydrogen) atoms. The van der Waals surface area contributed by atoms with Crippen molar-refractivity contribution in [3.63, 3.8) is 0 Å². The lowest BCUT2D eigenvalue weighted by atomic mass is 10.2. The lowest BCUT2D eigenvalue weighted by Crippen LogP contribution is -2.36. The summed E-state index contributed by atoms with van der Waals surface area (Å²) in [6.07, 6.45) is 0. The molecule has 1 aliphatic heterocycles. The van der Waals surface area contributed by atoms with E-state index < -0.39 is 0 Å². The van der Waals surface area contributed by atoms with Crippen molar-refractivity contribution in [3.8, 4) is 0 Å². The van der Waals surface area contributed by atoms with Gasteiger partial charge in [-0.25, -0.2) is 4.39 Å². The number of hydrogen-bond acceptors (Lipinski definition) is 3. The van der Waals surface area contributed by atoms with E-state index in [4.69, 9.17) is 4.74 Å². The van der Waals surface area contributed by atoms with Gasteiger partial charge in [0, 0.05) is 24.0 Å². The number of morpholine rings is 1. The molecule has 0 aliphatic carbocycles. The molecule has 0 saturated carbocycles. The Morgan fingerprint density at radius 3 is 2.76 bits per heavy atom. The topological polar surface area (TPSA) is 57.4 Å². The van der Waals surface area contributed by atoms with E-state index in [0.717, 1.165) is 30.0 Å². The van der Waals surface area contributed by atoms with Gasteiger partial charge >= 0.3 is 0 Å². The summed E-state index contributed by atoms with van der Waals surface area (Å²) in [4.78, 5) is 17.8. The van der Waals surface area contributed by atoms with Crippen LogP contribution in [0.1, 0.15) is 10.5 Å². The second-order valence-corrected chi connectivity index (χ2v) is 5.99. The highest BCUT2D eigenvalue weighted by Gasteiger charge is 2.17. The maximum Gasteiger partial charge on any atom is 0.272 e. The molecule has 0 spiro atoms. The lowest BCUT2D eigenvalue weighted by molar-refractivity contribution is 0.102. The van der Waals surface area contributed by atoms with Gasteiger partial charge in [-0.1, -0.05) is 12.1 Å². The molecule has 2 N–H and O–H groups in total.